The smallest absolute Gasteiger partial charge is 0.109 e. The van der Waals surface area contributed by atoms with Gasteiger partial charge < -0.3 is 10.1 Å². The van der Waals surface area contributed by atoms with Crippen LogP contribution in [0, 0.1) is 5.41 Å². The van der Waals surface area contributed by atoms with Crippen molar-refractivity contribution < 1.29 is 10.1 Å². The molecule has 0 spiro atoms. The van der Waals surface area contributed by atoms with Crippen molar-refractivity contribution in [2.75, 3.05) is 13.2 Å². The number of nitrogens with two attached hydrogens (primary N) is 1. The number of hydrogen-bond donors (Lipinski definition) is 1. The molecule has 2 aromatic rings. The number of hydrogen-bond acceptors (Lipinski definition) is 1. The molecule has 26 heavy (non-hydrogen) atoms. The molecule has 140 valence electrons. The van der Waals surface area contributed by atoms with Gasteiger partial charge >= 0.3 is 0 Å². The van der Waals surface area contributed by atoms with Gasteiger partial charge in [0.2, 0.25) is 0 Å². The SMILES string of the molecule is C[C@H]([NH2+]CC[C@]1(Cc2ccccc2)CCOC(C)(C)C1)c1ccccc1. The third-order valence-corrected chi connectivity index (χ3v) is 5.87. The van der Waals surface area contributed by atoms with Crippen LogP contribution in [-0.2, 0) is 11.2 Å². The molecule has 1 aliphatic heterocycles. The summed E-state index contributed by atoms with van der Waals surface area (Å²) in [5.41, 5.74) is 3.20. The molecule has 2 nitrogen and oxygen atoms in total. The third kappa shape index (κ3) is 5.18. The fourth-order valence-corrected chi connectivity index (χ4v) is 4.60. The zero-order chi connectivity index (χ0) is 18.5. The van der Waals surface area contributed by atoms with Crippen molar-refractivity contribution in [2.24, 2.45) is 5.41 Å². The van der Waals surface area contributed by atoms with E-state index in [9.17, 15) is 0 Å². The van der Waals surface area contributed by atoms with Crippen LogP contribution in [0.5, 0.6) is 0 Å². The molecule has 2 atom stereocenters. The molecule has 2 aromatic carbocycles. The van der Waals surface area contributed by atoms with E-state index in [1.165, 1.54) is 30.5 Å². The molecule has 0 unspecified atom stereocenters. The third-order valence-electron chi connectivity index (χ3n) is 5.87. The van der Waals surface area contributed by atoms with E-state index in [1.54, 1.807) is 0 Å². The van der Waals surface area contributed by atoms with Crippen molar-refractivity contribution in [3.63, 3.8) is 0 Å². The van der Waals surface area contributed by atoms with E-state index in [4.69, 9.17) is 4.74 Å². The van der Waals surface area contributed by atoms with E-state index in [0.29, 0.717) is 11.5 Å². The summed E-state index contributed by atoms with van der Waals surface area (Å²) in [5, 5.41) is 2.50. The lowest BCUT2D eigenvalue weighted by Gasteiger charge is -2.45. The Kier molecular flexibility index (Phi) is 6.16. The van der Waals surface area contributed by atoms with Crippen molar-refractivity contribution in [3.05, 3.63) is 71.8 Å². The lowest BCUT2D eigenvalue weighted by Crippen LogP contribution is -2.85. The van der Waals surface area contributed by atoms with Crippen molar-refractivity contribution in [1.82, 2.24) is 0 Å². The van der Waals surface area contributed by atoms with E-state index >= 15 is 0 Å². The standard InChI is InChI=1S/C24H33NO/c1-20(22-12-8-5-9-13-22)25-16-14-24(15-17-26-23(2,3)19-24)18-21-10-6-4-7-11-21/h4-13,20,25H,14-19H2,1-3H3/p+1/t20-,24+/m0/s1. The minimum absolute atomic E-state index is 0.0158. The number of benzene rings is 2. The lowest BCUT2D eigenvalue weighted by atomic mass is 9.68. The first-order valence-corrected chi connectivity index (χ1v) is 10.0. The van der Waals surface area contributed by atoms with Gasteiger partial charge in [0.15, 0.2) is 0 Å². The molecule has 3 rings (SSSR count). The van der Waals surface area contributed by atoms with E-state index < -0.39 is 0 Å². The van der Waals surface area contributed by atoms with Crippen molar-refractivity contribution in [1.29, 1.82) is 0 Å². The fraction of sp³-hybridized carbons (Fsp3) is 0.500. The van der Waals surface area contributed by atoms with E-state index in [2.05, 4.69) is 86.8 Å². The summed E-state index contributed by atoms with van der Waals surface area (Å²) in [7, 11) is 0. The van der Waals surface area contributed by atoms with Crippen LogP contribution in [0.1, 0.15) is 57.2 Å². The minimum Gasteiger partial charge on any atom is -0.376 e. The van der Waals surface area contributed by atoms with Gasteiger partial charge in [-0.3, -0.25) is 0 Å². The molecule has 1 aliphatic rings. The van der Waals surface area contributed by atoms with E-state index in [1.807, 2.05) is 0 Å². The molecule has 2 N–H and O–H groups in total. The highest BCUT2D eigenvalue weighted by Crippen LogP contribution is 2.43. The first-order chi connectivity index (χ1) is 12.5. The van der Waals surface area contributed by atoms with Crippen LogP contribution in [0.15, 0.2) is 60.7 Å². The Labute approximate surface area is 159 Å². The Bertz CT molecular complexity index is 667. The molecular formula is C24H34NO+. The second kappa shape index (κ2) is 8.37. The number of quaternary nitrogens is 1. The topological polar surface area (TPSA) is 25.8 Å². The van der Waals surface area contributed by atoms with Crippen molar-refractivity contribution >= 4 is 0 Å². The molecule has 0 saturated carbocycles. The molecule has 1 saturated heterocycles. The fourth-order valence-electron chi connectivity index (χ4n) is 4.60. The maximum Gasteiger partial charge on any atom is 0.109 e. The van der Waals surface area contributed by atoms with Crippen LogP contribution in [0.25, 0.3) is 0 Å². The van der Waals surface area contributed by atoms with Gasteiger partial charge in [0, 0.05) is 18.6 Å². The van der Waals surface area contributed by atoms with E-state index in [-0.39, 0.29) is 5.60 Å². The van der Waals surface area contributed by atoms with Gasteiger partial charge in [-0.15, -0.1) is 0 Å². The monoisotopic (exact) mass is 352 g/mol. The predicted molar refractivity (Wildman–Crippen MR) is 108 cm³/mol. The van der Waals surface area contributed by atoms with Gasteiger partial charge in [-0.2, -0.15) is 0 Å². The summed E-state index contributed by atoms with van der Waals surface area (Å²) in [6, 6.07) is 22.3. The normalized spacial score (nSPS) is 23.5. The Morgan fingerprint density at radius 3 is 2.31 bits per heavy atom. The highest BCUT2D eigenvalue weighted by molar-refractivity contribution is 5.18. The maximum atomic E-state index is 6.04. The second-order valence-corrected chi connectivity index (χ2v) is 8.67. The summed E-state index contributed by atoms with van der Waals surface area (Å²) < 4.78 is 6.04. The number of ether oxygens (including phenoxy) is 1. The Morgan fingerprint density at radius 2 is 1.65 bits per heavy atom. The molecule has 0 radical (unpaired) electrons. The molecule has 1 heterocycles. The van der Waals surface area contributed by atoms with Crippen LogP contribution >= 0.6 is 0 Å². The van der Waals surface area contributed by atoms with Crippen LogP contribution in [0.4, 0.5) is 0 Å². The summed E-state index contributed by atoms with van der Waals surface area (Å²) in [6.45, 7) is 8.87. The van der Waals surface area contributed by atoms with Gasteiger partial charge in [-0.05, 0) is 51.0 Å². The average Bonchev–Trinajstić information content (AvgIpc) is 2.62. The van der Waals surface area contributed by atoms with Crippen LogP contribution in [0.3, 0.4) is 0 Å². The van der Waals surface area contributed by atoms with Crippen LogP contribution in [-0.4, -0.2) is 18.8 Å². The van der Waals surface area contributed by atoms with Crippen LogP contribution < -0.4 is 5.32 Å². The minimum atomic E-state index is -0.0158. The molecule has 0 aromatic heterocycles. The Balaban J connectivity index is 1.66. The zero-order valence-corrected chi connectivity index (χ0v) is 16.6. The summed E-state index contributed by atoms with van der Waals surface area (Å²) in [6.07, 6.45) is 4.71. The molecule has 2 heteroatoms. The molecule has 0 bridgehead atoms. The second-order valence-electron chi connectivity index (χ2n) is 8.67. The summed E-state index contributed by atoms with van der Waals surface area (Å²) in [4.78, 5) is 0. The Morgan fingerprint density at radius 1 is 1.00 bits per heavy atom. The highest BCUT2D eigenvalue weighted by Gasteiger charge is 2.41. The van der Waals surface area contributed by atoms with Gasteiger partial charge in [-0.1, -0.05) is 60.7 Å². The first-order valence-electron chi connectivity index (χ1n) is 10.0. The average molecular weight is 353 g/mol. The van der Waals surface area contributed by atoms with Gasteiger partial charge in [0.05, 0.1) is 12.1 Å². The van der Waals surface area contributed by atoms with E-state index in [0.717, 1.165) is 19.4 Å². The predicted octanol–water partition coefficient (Wildman–Crippen LogP) is 4.52. The van der Waals surface area contributed by atoms with Crippen LogP contribution in [0.2, 0.25) is 0 Å². The molecular weight excluding hydrogens is 318 g/mol. The highest BCUT2D eigenvalue weighted by atomic mass is 16.5. The molecule has 0 amide bonds. The largest absolute Gasteiger partial charge is 0.376 e. The Hall–Kier alpha value is -1.64. The van der Waals surface area contributed by atoms with Crippen molar-refractivity contribution in [3.8, 4) is 0 Å². The maximum absolute atomic E-state index is 6.04. The van der Waals surface area contributed by atoms with Gasteiger partial charge in [-0.25, -0.2) is 0 Å². The lowest BCUT2D eigenvalue weighted by molar-refractivity contribution is -0.694. The summed E-state index contributed by atoms with van der Waals surface area (Å²) >= 11 is 0. The zero-order valence-electron chi connectivity index (χ0n) is 16.6. The van der Waals surface area contributed by atoms with Gasteiger partial charge in [0.25, 0.3) is 0 Å². The summed E-state index contributed by atoms with van der Waals surface area (Å²) in [5.74, 6) is 0. The van der Waals surface area contributed by atoms with Crippen molar-refractivity contribution in [2.45, 2.75) is 58.1 Å². The molecule has 0 aliphatic carbocycles. The quantitative estimate of drug-likeness (QED) is 0.779. The van der Waals surface area contributed by atoms with Gasteiger partial charge in [0.1, 0.15) is 6.04 Å². The number of rotatable bonds is 7. The molecule has 1 fully saturated rings. The first kappa shape index (κ1) is 19.1.